The molecule has 0 fully saturated rings. The predicted octanol–water partition coefficient (Wildman–Crippen LogP) is 4.59. The molecule has 3 aromatic rings. The van der Waals surface area contributed by atoms with Gasteiger partial charge in [0.1, 0.15) is 0 Å². The third-order valence-corrected chi connectivity index (χ3v) is 3.64. The molecule has 0 unspecified atom stereocenters. The Hall–Kier alpha value is -2.35. The highest BCUT2D eigenvalue weighted by atomic mass is 14.9. The number of para-hydroxylation sites is 1. The van der Waals surface area contributed by atoms with Gasteiger partial charge < -0.3 is 5.32 Å². The molecule has 0 atom stereocenters. The Kier molecular flexibility index (Phi) is 4.15. The molecule has 2 heteroatoms. The SMILES string of the molecule is Cc1cc(NCCCc2ccccc2)c2ccccc2n1. The van der Waals surface area contributed by atoms with Gasteiger partial charge in [-0.1, -0.05) is 48.5 Å². The van der Waals surface area contributed by atoms with Crippen LogP contribution in [0.1, 0.15) is 17.7 Å². The molecule has 3 rings (SSSR count). The Morgan fingerprint density at radius 2 is 1.71 bits per heavy atom. The van der Waals surface area contributed by atoms with Crippen molar-refractivity contribution >= 4 is 16.6 Å². The van der Waals surface area contributed by atoms with Crippen LogP contribution in [-0.4, -0.2) is 11.5 Å². The summed E-state index contributed by atoms with van der Waals surface area (Å²) in [5, 5.41) is 4.76. The van der Waals surface area contributed by atoms with Crippen LogP contribution in [0.2, 0.25) is 0 Å². The Morgan fingerprint density at radius 1 is 0.952 bits per heavy atom. The molecule has 21 heavy (non-hydrogen) atoms. The number of aryl methyl sites for hydroxylation is 2. The van der Waals surface area contributed by atoms with E-state index in [2.05, 4.69) is 64.9 Å². The van der Waals surface area contributed by atoms with E-state index in [0.29, 0.717) is 0 Å². The Bertz CT molecular complexity index is 720. The summed E-state index contributed by atoms with van der Waals surface area (Å²) in [6, 6.07) is 21.1. The molecule has 106 valence electrons. The topological polar surface area (TPSA) is 24.9 Å². The Balaban J connectivity index is 1.65. The van der Waals surface area contributed by atoms with Crippen molar-refractivity contribution in [2.75, 3.05) is 11.9 Å². The minimum atomic E-state index is 0.975. The van der Waals surface area contributed by atoms with Crippen molar-refractivity contribution < 1.29 is 0 Å². The number of nitrogens with one attached hydrogen (secondary N) is 1. The summed E-state index contributed by atoms with van der Waals surface area (Å²) < 4.78 is 0. The maximum Gasteiger partial charge on any atom is 0.0725 e. The highest BCUT2D eigenvalue weighted by Gasteiger charge is 2.02. The summed E-state index contributed by atoms with van der Waals surface area (Å²) in [6.07, 6.45) is 2.23. The van der Waals surface area contributed by atoms with Crippen LogP contribution in [0.3, 0.4) is 0 Å². The van der Waals surface area contributed by atoms with Gasteiger partial charge in [0, 0.05) is 23.3 Å². The standard InChI is InChI=1S/C19H20N2/c1-15-14-19(17-11-5-6-12-18(17)21-15)20-13-7-10-16-8-3-2-4-9-16/h2-6,8-9,11-12,14H,7,10,13H2,1H3,(H,20,21). The zero-order valence-corrected chi connectivity index (χ0v) is 12.3. The van der Waals surface area contributed by atoms with E-state index in [-0.39, 0.29) is 0 Å². The second-order valence-electron chi connectivity index (χ2n) is 5.34. The lowest BCUT2D eigenvalue weighted by Crippen LogP contribution is -2.04. The lowest BCUT2D eigenvalue weighted by molar-refractivity contribution is 0.863. The third-order valence-electron chi connectivity index (χ3n) is 3.64. The number of hydrogen-bond donors (Lipinski definition) is 1. The molecular weight excluding hydrogens is 256 g/mol. The number of benzene rings is 2. The fourth-order valence-electron chi connectivity index (χ4n) is 2.61. The van der Waals surface area contributed by atoms with E-state index in [4.69, 9.17) is 0 Å². The summed E-state index contributed by atoms with van der Waals surface area (Å²) in [5.41, 5.74) is 4.70. The first kappa shape index (κ1) is 13.6. The van der Waals surface area contributed by atoms with E-state index in [1.54, 1.807) is 0 Å². The van der Waals surface area contributed by atoms with Gasteiger partial charge >= 0.3 is 0 Å². The van der Waals surface area contributed by atoms with Crippen molar-refractivity contribution in [2.24, 2.45) is 0 Å². The van der Waals surface area contributed by atoms with Crippen LogP contribution in [0.15, 0.2) is 60.7 Å². The first-order valence-electron chi connectivity index (χ1n) is 7.47. The Morgan fingerprint density at radius 3 is 2.57 bits per heavy atom. The molecule has 1 aromatic heterocycles. The van der Waals surface area contributed by atoms with Crippen LogP contribution in [0, 0.1) is 6.92 Å². The molecule has 0 amide bonds. The van der Waals surface area contributed by atoms with Crippen molar-refractivity contribution in [3.05, 3.63) is 71.9 Å². The zero-order chi connectivity index (χ0) is 14.5. The van der Waals surface area contributed by atoms with Crippen LogP contribution >= 0.6 is 0 Å². The molecule has 1 heterocycles. The predicted molar refractivity (Wildman–Crippen MR) is 89.7 cm³/mol. The van der Waals surface area contributed by atoms with Gasteiger partial charge in [-0.05, 0) is 37.5 Å². The molecular formula is C19H20N2. The number of nitrogens with zero attached hydrogens (tertiary/aromatic N) is 1. The van der Waals surface area contributed by atoms with Crippen LogP contribution < -0.4 is 5.32 Å². The molecule has 0 saturated carbocycles. The first-order valence-corrected chi connectivity index (χ1v) is 7.47. The number of pyridine rings is 1. The molecule has 2 aromatic carbocycles. The lowest BCUT2D eigenvalue weighted by atomic mass is 10.1. The Labute approximate surface area is 125 Å². The molecule has 0 spiro atoms. The molecule has 0 aliphatic carbocycles. The highest BCUT2D eigenvalue weighted by molar-refractivity contribution is 5.91. The largest absolute Gasteiger partial charge is 0.384 e. The smallest absolute Gasteiger partial charge is 0.0725 e. The second kappa shape index (κ2) is 6.40. The second-order valence-corrected chi connectivity index (χ2v) is 5.34. The van der Waals surface area contributed by atoms with Crippen LogP contribution in [0.5, 0.6) is 0 Å². The fraction of sp³-hybridized carbons (Fsp3) is 0.211. The van der Waals surface area contributed by atoms with Gasteiger partial charge in [-0.15, -0.1) is 0 Å². The molecule has 0 aliphatic heterocycles. The van der Waals surface area contributed by atoms with Crippen LogP contribution in [0.25, 0.3) is 10.9 Å². The summed E-state index contributed by atoms with van der Waals surface area (Å²) in [7, 11) is 0. The fourth-order valence-corrected chi connectivity index (χ4v) is 2.61. The number of fused-ring (bicyclic) bond motifs is 1. The number of hydrogen-bond acceptors (Lipinski definition) is 2. The normalized spacial score (nSPS) is 10.7. The van der Waals surface area contributed by atoms with Gasteiger partial charge in [0.2, 0.25) is 0 Å². The third kappa shape index (κ3) is 3.40. The lowest BCUT2D eigenvalue weighted by Gasteiger charge is -2.10. The summed E-state index contributed by atoms with van der Waals surface area (Å²) in [4.78, 5) is 4.57. The molecule has 1 N–H and O–H groups in total. The average Bonchev–Trinajstić information content (AvgIpc) is 2.52. The monoisotopic (exact) mass is 276 g/mol. The quantitative estimate of drug-likeness (QED) is 0.689. The minimum absolute atomic E-state index is 0.975. The van der Waals surface area contributed by atoms with E-state index < -0.39 is 0 Å². The number of rotatable bonds is 5. The molecule has 2 nitrogen and oxygen atoms in total. The van der Waals surface area contributed by atoms with Gasteiger partial charge in [0.05, 0.1) is 5.52 Å². The molecule has 0 aliphatic rings. The van der Waals surface area contributed by atoms with Crippen molar-refractivity contribution in [1.82, 2.24) is 4.98 Å². The molecule has 0 radical (unpaired) electrons. The van der Waals surface area contributed by atoms with Crippen LogP contribution in [0.4, 0.5) is 5.69 Å². The number of aromatic nitrogens is 1. The average molecular weight is 276 g/mol. The van der Waals surface area contributed by atoms with E-state index >= 15 is 0 Å². The maximum atomic E-state index is 4.57. The van der Waals surface area contributed by atoms with Gasteiger partial charge in [0.15, 0.2) is 0 Å². The van der Waals surface area contributed by atoms with E-state index in [9.17, 15) is 0 Å². The van der Waals surface area contributed by atoms with Crippen molar-refractivity contribution in [3.63, 3.8) is 0 Å². The molecule has 0 saturated heterocycles. The van der Waals surface area contributed by atoms with Gasteiger partial charge in [0.25, 0.3) is 0 Å². The minimum Gasteiger partial charge on any atom is -0.384 e. The van der Waals surface area contributed by atoms with Gasteiger partial charge in [-0.2, -0.15) is 0 Å². The summed E-state index contributed by atoms with van der Waals surface area (Å²) in [5.74, 6) is 0. The van der Waals surface area contributed by atoms with Crippen molar-refractivity contribution in [1.29, 1.82) is 0 Å². The van der Waals surface area contributed by atoms with Gasteiger partial charge in [-0.3, -0.25) is 4.98 Å². The van der Waals surface area contributed by atoms with E-state index in [0.717, 1.165) is 30.6 Å². The number of anilines is 1. The zero-order valence-electron chi connectivity index (χ0n) is 12.3. The van der Waals surface area contributed by atoms with Gasteiger partial charge in [-0.25, -0.2) is 0 Å². The highest BCUT2D eigenvalue weighted by Crippen LogP contribution is 2.22. The summed E-state index contributed by atoms with van der Waals surface area (Å²) >= 11 is 0. The van der Waals surface area contributed by atoms with Crippen molar-refractivity contribution in [3.8, 4) is 0 Å². The van der Waals surface area contributed by atoms with E-state index in [1.165, 1.54) is 16.6 Å². The van der Waals surface area contributed by atoms with Crippen molar-refractivity contribution in [2.45, 2.75) is 19.8 Å². The molecule has 0 bridgehead atoms. The van der Waals surface area contributed by atoms with Crippen LogP contribution in [-0.2, 0) is 6.42 Å². The first-order chi connectivity index (χ1) is 10.3. The summed E-state index contributed by atoms with van der Waals surface area (Å²) in [6.45, 7) is 3.02. The van der Waals surface area contributed by atoms with E-state index in [1.807, 2.05) is 13.0 Å². The maximum absolute atomic E-state index is 4.57.